The summed E-state index contributed by atoms with van der Waals surface area (Å²) in [5, 5.41) is 10.4. The summed E-state index contributed by atoms with van der Waals surface area (Å²) in [7, 11) is -4.39. The SMILES string of the molecule is CC(C)c1ccccc1N(CC(=O)Cl)S(=O)(=O)c1ccccc1[N+](=O)[O-]. The van der Waals surface area contributed by atoms with E-state index in [-0.39, 0.29) is 11.6 Å². The van der Waals surface area contributed by atoms with Crippen molar-refractivity contribution in [1.82, 2.24) is 0 Å². The molecule has 0 aliphatic heterocycles. The van der Waals surface area contributed by atoms with E-state index in [1.54, 1.807) is 24.3 Å². The molecule has 9 heteroatoms. The summed E-state index contributed by atoms with van der Waals surface area (Å²) in [4.78, 5) is 21.5. The fraction of sp³-hybridized carbons (Fsp3) is 0.235. The van der Waals surface area contributed by atoms with E-state index >= 15 is 0 Å². The van der Waals surface area contributed by atoms with Crippen LogP contribution < -0.4 is 4.31 Å². The van der Waals surface area contributed by atoms with E-state index in [4.69, 9.17) is 11.6 Å². The van der Waals surface area contributed by atoms with Gasteiger partial charge in [-0.25, -0.2) is 8.42 Å². The normalized spacial score (nSPS) is 11.4. The molecule has 0 radical (unpaired) electrons. The van der Waals surface area contributed by atoms with Gasteiger partial charge in [0.1, 0.15) is 6.54 Å². The van der Waals surface area contributed by atoms with Crippen LogP contribution in [-0.2, 0) is 14.8 Å². The van der Waals surface area contributed by atoms with Gasteiger partial charge in [-0.3, -0.25) is 19.2 Å². The number of nitro benzene ring substituents is 1. The molecule has 0 unspecified atom stereocenters. The van der Waals surface area contributed by atoms with E-state index in [1.807, 2.05) is 13.8 Å². The summed E-state index contributed by atoms with van der Waals surface area (Å²) >= 11 is 5.47. The van der Waals surface area contributed by atoms with Crippen LogP contribution in [0, 0.1) is 10.1 Å². The van der Waals surface area contributed by atoms with E-state index in [2.05, 4.69) is 0 Å². The summed E-state index contributed by atoms with van der Waals surface area (Å²) < 4.78 is 27.2. The first-order chi connectivity index (χ1) is 12.2. The lowest BCUT2D eigenvalue weighted by atomic mass is 10.0. The topological polar surface area (TPSA) is 97.6 Å². The summed E-state index contributed by atoms with van der Waals surface area (Å²) in [5.41, 5.74) is 0.365. The molecule has 0 aliphatic rings. The monoisotopic (exact) mass is 396 g/mol. The Hall–Kier alpha value is -2.45. The predicted octanol–water partition coefficient (Wildman–Crippen LogP) is 3.68. The van der Waals surface area contributed by atoms with Crippen LogP contribution in [0.1, 0.15) is 25.3 Å². The first-order valence-electron chi connectivity index (χ1n) is 7.69. The molecule has 2 rings (SSSR count). The Morgan fingerprint density at radius 3 is 2.31 bits per heavy atom. The van der Waals surface area contributed by atoms with Crippen molar-refractivity contribution in [2.24, 2.45) is 0 Å². The van der Waals surface area contributed by atoms with Gasteiger partial charge >= 0.3 is 0 Å². The molecule has 0 amide bonds. The zero-order valence-electron chi connectivity index (χ0n) is 14.1. The van der Waals surface area contributed by atoms with Gasteiger partial charge in [0.05, 0.1) is 10.6 Å². The van der Waals surface area contributed by atoms with Crippen LogP contribution in [0.3, 0.4) is 0 Å². The van der Waals surface area contributed by atoms with E-state index in [0.29, 0.717) is 5.56 Å². The quantitative estimate of drug-likeness (QED) is 0.404. The second kappa shape index (κ2) is 7.84. The van der Waals surface area contributed by atoms with Crippen molar-refractivity contribution < 1.29 is 18.1 Å². The van der Waals surface area contributed by atoms with Crippen molar-refractivity contribution in [2.75, 3.05) is 10.8 Å². The van der Waals surface area contributed by atoms with Crippen LogP contribution in [0.2, 0.25) is 0 Å². The molecule has 2 aromatic carbocycles. The fourth-order valence-corrected chi connectivity index (χ4v) is 4.36. The molecule has 0 bridgehead atoms. The highest BCUT2D eigenvalue weighted by atomic mass is 35.5. The molecular weight excluding hydrogens is 380 g/mol. The Morgan fingerprint density at radius 2 is 1.73 bits per heavy atom. The van der Waals surface area contributed by atoms with Gasteiger partial charge in [-0.05, 0) is 35.2 Å². The molecule has 7 nitrogen and oxygen atoms in total. The van der Waals surface area contributed by atoms with Crippen molar-refractivity contribution in [1.29, 1.82) is 0 Å². The highest BCUT2D eigenvalue weighted by molar-refractivity contribution is 7.93. The highest BCUT2D eigenvalue weighted by Gasteiger charge is 2.33. The summed E-state index contributed by atoms with van der Waals surface area (Å²) in [6.07, 6.45) is 0. The molecule has 0 N–H and O–H groups in total. The number of halogens is 1. The third-order valence-electron chi connectivity index (χ3n) is 3.73. The maximum atomic E-state index is 13.2. The van der Waals surface area contributed by atoms with E-state index < -0.39 is 37.3 Å². The van der Waals surface area contributed by atoms with Crippen LogP contribution in [0.5, 0.6) is 0 Å². The van der Waals surface area contributed by atoms with Gasteiger partial charge in [-0.2, -0.15) is 0 Å². The number of hydrogen-bond donors (Lipinski definition) is 0. The molecule has 138 valence electrons. The molecule has 0 saturated carbocycles. The van der Waals surface area contributed by atoms with Crippen LogP contribution in [-0.4, -0.2) is 25.1 Å². The largest absolute Gasteiger partial charge is 0.289 e. The number of rotatable bonds is 7. The molecule has 0 heterocycles. The van der Waals surface area contributed by atoms with Crippen molar-refractivity contribution >= 4 is 38.2 Å². The average molecular weight is 397 g/mol. The number of carbonyl (C=O) groups is 1. The Kier molecular flexibility index (Phi) is 5.99. The van der Waals surface area contributed by atoms with E-state index in [9.17, 15) is 23.3 Å². The van der Waals surface area contributed by atoms with Crippen LogP contribution in [0.4, 0.5) is 11.4 Å². The Labute approximate surface area is 156 Å². The number of anilines is 1. The zero-order chi connectivity index (χ0) is 19.5. The number of sulfonamides is 1. The standard InChI is InChI=1S/C17H17ClN2O5S/c1-12(2)13-7-3-4-8-14(13)19(11-17(18)21)26(24,25)16-10-6-5-9-15(16)20(22)23/h3-10,12H,11H2,1-2H3. The summed E-state index contributed by atoms with van der Waals surface area (Å²) in [5.74, 6) is -0.0416. The minimum Gasteiger partial charge on any atom is -0.279 e. The maximum absolute atomic E-state index is 13.2. The van der Waals surface area contributed by atoms with Crippen LogP contribution >= 0.6 is 11.6 Å². The highest BCUT2D eigenvalue weighted by Crippen LogP contribution is 2.34. The van der Waals surface area contributed by atoms with Gasteiger partial charge < -0.3 is 0 Å². The van der Waals surface area contributed by atoms with Crippen molar-refractivity contribution in [3.05, 3.63) is 64.2 Å². The molecule has 0 spiro atoms. The number of para-hydroxylation sites is 2. The van der Waals surface area contributed by atoms with E-state index in [1.165, 1.54) is 12.1 Å². The number of benzene rings is 2. The van der Waals surface area contributed by atoms with Gasteiger partial charge in [-0.15, -0.1) is 0 Å². The summed E-state index contributed by atoms with van der Waals surface area (Å²) in [6.45, 7) is 3.11. The van der Waals surface area contributed by atoms with Gasteiger partial charge in [0.2, 0.25) is 5.24 Å². The summed E-state index contributed by atoms with van der Waals surface area (Å²) in [6, 6.07) is 11.6. The lowest BCUT2D eigenvalue weighted by Gasteiger charge is -2.26. The second-order valence-corrected chi connectivity index (χ2v) is 8.06. The first-order valence-corrected chi connectivity index (χ1v) is 9.51. The lowest BCUT2D eigenvalue weighted by Crippen LogP contribution is -2.35. The number of nitro groups is 1. The fourth-order valence-electron chi connectivity index (χ4n) is 2.56. The predicted molar refractivity (Wildman–Crippen MR) is 99.0 cm³/mol. The minimum atomic E-state index is -4.39. The molecule has 0 aliphatic carbocycles. The molecule has 0 atom stereocenters. The lowest BCUT2D eigenvalue weighted by molar-refractivity contribution is -0.387. The second-order valence-electron chi connectivity index (χ2n) is 5.81. The van der Waals surface area contributed by atoms with Crippen molar-refractivity contribution in [3.63, 3.8) is 0 Å². The van der Waals surface area contributed by atoms with Gasteiger partial charge in [0, 0.05) is 6.07 Å². The maximum Gasteiger partial charge on any atom is 0.289 e. The number of carbonyl (C=O) groups excluding carboxylic acids is 1. The first kappa shape index (κ1) is 19.9. The molecule has 0 saturated heterocycles. The Morgan fingerprint density at radius 1 is 1.15 bits per heavy atom. The number of nitrogens with zero attached hydrogens (tertiary/aromatic N) is 2. The zero-order valence-corrected chi connectivity index (χ0v) is 15.7. The molecule has 0 fully saturated rings. The van der Waals surface area contributed by atoms with Crippen LogP contribution in [0.15, 0.2) is 53.4 Å². The Balaban J connectivity index is 2.73. The number of hydrogen-bond acceptors (Lipinski definition) is 5. The minimum absolute atomic E-state index is 0.0416. The molecular formula is C17H17ClN2O5S. The van der Waals surface area contributed by atoms with Gasteiger partial charge in [0.15, 0.2) is 4.90 Å². The van der Waals surface area contributed by atoms with Crippen molar-refractivity contribution in [3.8, 4) is 0 Å². The van der Waals surface area contributed by atoms with Crippen LogP contribution in [0.25, 0.3) is 0 Å². The molecule has 2 aromatic rings. The molecule has 0 aromatic heterocycles. The van der Waals surface area contributed by atoms with E-state index in [0.717, 1.165) is 16.4 Å². The molecule has 26 heavy (non-hydrogen) atoms. The smallest absolute Gasteiger partial charge is 0.279 e. The van der Waals surface area contributed by atoms with Crippen molar-refractivity contribution in [2.45, 2.75) is 24.7 Å². The Bertz CT molecular complexity index is 944. The van der Waals surface area contributed by atoms with Gasteiger partial charge in [0.25, 0.3) is 15.7 Å². The average Bonchev–Trinajstić information content (AvgIpc) is 2.59. The third kappa shape index (κ3) is 4.03. The van der Waals surface area contributed by atoms with Gasteiger partial charge in [-0.1, -0.05) is 44.2 Å². The third-order valence-corrected chi connectivity index (χ3v) is 5.65.